The predicted molar refractivity (Wildman–Crippen MR) is 92.1 cm³/mol. The van der Waals surface area contributed by atoms with Crippen molar-refractivity contribution in [2.75, 3.05) is 18.1 Å². The van der Waals surface area contributed by atoms with Gasteiger partial charge in [-0.25, -0.2) is 9.97 Å². The number of nitrogens with one attached hydrogen (secondary N) is 1. The first-order valence-corrected chi connectivity index (χ1v) is 8.97. The van der Waals surface area contributed by atoms with Gasteiger partial charge in [-0.2, -0.15) is 11.8 Å². The molecule has 1 fully saturated rings. The molecule has 3 rings (SSSR count). The minimum Gasteiger partial charge on any atom is -0.367 e. The standard InChI is InChI=1S/C17H23N3S/c1-13-16(20-15-9-5-4-8-14(15)19-13)18-12-17(21-2)10-6-3-7-11-17/h4-5,8-9H,3,6-7,10-12H2,1-2H3,(H,18,20). The van der Waals surface area contributed by atoms with Crippen LogP contribution < -0.4 is 5.32 Å². The molecule has 1 saturated carbocycles. The van der Waals surface area contributed by atoms with E-state index in [2.05, 4.69) is 16.6 Å². The number of fused-ring (bicyclic) bond motifs is 1. The minimum absolute atomic E-state index is 0.373. The van der Waals surface area contributed by atoms with E-state index in [4.69, 9.17) is 4.98 Å². The number of aromatic nitrogens is 2. The molecule has 1 aliphatic rings. The highest BCUT2D eigenvalue weighted by Gasteiger charge is 2.31. The molecule has 0 saturated heterocycles. The first-order chi connectivity index (χ1) is 10.2. The van der Waals surface area contributed by atoms with Crippen LogP contribution in [-0.2, 0) is 0 Å². The quantitative estimate of drug-likeness (QED) is 0.907. The Labute approximate surface area is 131 Å². The Morgan fingerprint density at radius 2 is 1.76 bits per heavy atom. The van der Waals surface area contributed by atoms with Gasteiger partial charge in [-0.05, 0) is 38.2 Å². The van der Waals surface area contributed by atoms with E-state index in [0.717, 1.165) is 29.1 Å². The van der Waals surface area contributed by atoms with Gasteiger partial charge in [0, 0.05) is 11.3 Å². The summed E-state index contributed by atoms with van der Waals surface area (Å²) in [6, 6.07) is 8.07. The Balaban J connectivity index is 1.79. The number of hydrogen-bond donors (Lipinski definition) is 1. The largest absolute Gasteiger partial charge is 0.367 e. The minimum atomic E-state index is 0.373. The van der Waals surface area contributed by atoms with Gasteiger partial charge in [-0.1, -0.05) is 31.4 Å². The average Bonchev–Trinajstić information content (AvgIpc) is 2.54. The lowest BCUT2D eigenvalue weighted by Gasteiger charge is -2.36. The van der Waals surface area contributed by atoms with E-state index in [1.165, 1.54) is 32.1 Å². The fourth-order valence-corrected chi connectivity index (χ4v) is 4.06. The van der Waals surface area contributed by atoms with Crippen LogP contribution in [0.3, 0.4) is 0 Å². The SMILES string of the molecule is CSC1(CNc2nc3ccccc3nc2C)CCCCC1. The van der Waals surface area contributed by atoms with E-state index in [0.29, 0.717) is 4.75 Å². The highest BCUT2D eigenvalue weighted by Crippen LogP contribution is 2.38. The van der Waals surface area contributed by atoms with Gasteiger partial charge in [-0.15, -0.1) is 0 Å². The molecule has 3 nitrogen and oxygen atoms in total. The number of nitrogens with zero attached hydrogens (tertiary/aromatic N) is 2. The van der Waals surface area contributed by atoms with Crippen molar-refractivity contribution in [2.24, 2.45) is 0 Å². The van der Waals surface area contributed by atoms with Crippen LogP contribution in [0.5, 0.6) is 0 Å². The lowest BCUT2D eigenvalue weighted by Crippen LogP contribution is -2.35. The summed E-state index contributed by atoms with van der Waals surface area (Å²) in [6.07, 6.45) is 8.95. The van der Waals surface area contributed by atoms with Crippen LogP contribution in [0.15, 0.2) is 24.3 Å². The average molecular weight is 301 g/mol. The summed E-state index contributed by atoms with van der Waals surface area (Å²) in [4.78, 5) is 9.40. The Kier molecular flexibility index (Phi) is 4.34. The second kappa shape index (κ2) is 6.22. The number of thioether (sulfide) groups is 1. The molecule has 0 radical (unpaired) electrons. The van der Waals surface area contributed by atoms with Gasteiger partial charge in [0.15, 0.2) is 0 Å². The van der Waals surface area contributed by atoms with Crippen molar-refractivity contribution in [2.45, 2.75) is 43.8 Å². The Bertz CT molecular complexity index is 620. The Hall–Kier alpha value is -1.29. The van der Waals surface area contributed by atoms with Crippen molar-refractivity contribution in [3.63, 3.8) is 0 Å². The third-order valence-electron chi connectivity index (χ3n) is 4.52. The van der Waals surface area contributed by atoms with Gasteiger partial charge < -0.3 is 5.32 Å². The third-order valence-corrected chi connectivity index (χ3v) is 5.94. The van der Waals surface area contributed by atoms with Crippen LogP contribution in [0.1, 0.15) is 37.8 Å². The highest BCUT2D eigenvalue weighted by molar-refractivity contribution is 8.00. The zero-order valence-corrected chi connectivity index (χ0v) is 13.7. The maximum absolute atomic E-state index is 4.74. The molecular weight excluding hydrogens is 278 g/mol. The molecule has 0 unspecified atom stereocenters. The van der Waals surface area contributed by atoms with E-state index in [9.17, 15) is 0 Å². The maximum atomic E-state index is 4.74. The zero-order chi connectivity index (χ0) is 14.7. The van der Waals surface area contributed by atoms with Crippen LogP contribution in [0, 0.1) is 6.92 Å². The zero-order valence-electron chi connectivity index (χ0n) is 12.9. The first kappa shape index (κ1) is 14.6. The summed E-state index contributed by atoms with van der Waals surface area (Å²) in [5, 5.41) is 3.57. The Morgan fingerprint density at radius 3 is 2.43 bits per heavy atom. The molecule has 0 atom stereocenters. The molecular formula is C17H23N3S. The maximum Gasteiger partial charge on any atom is 0.148 e. The van der Waals surface area contributed by atoms with Crippen molar-refractivity contribution in [3.05, 3.63) is 30.0 Å². The van der Waals surface area contributed by atoms with Crippen molar-refractivity contribution in [1.82, 2.24) is 9.97 Å². The van der Waals surface area contributed by atoms with E-state index >= 15 is 0 Å². The predicted octanol–water partition coefficient (Wildman–Crippen LogP) is 4.42. The monoisotopic (exact) mass is 301 g/mol. The molecule has 1 N–H and O–H groups in total. The molecule has 1 aromatic carbocycles. The fourth-order valence-electron chi connectivity index (χ4n) is 3.15. The molecule has 0 bridgehead atoms. The number of anilines is 1. The molecule has 1 aromatic heterocycles. The summed E-state index contributed by atoms with van der Waals surface area (Å²) in [6.45, 7) is 3.02. The lowest BCUT2D eigenvalue weighted by molar-refractivity contribution is 0.411. The Morgan fingerprint density at radius 1 is 1.10 bits per heavy atom. The molecule has 0 amide bonds. The van der Waals surface area contributed by atoms with Gasteiger partial charge in [0.1, 0.15) is 5.82 Å². The van der Waals surface area contributed by atoms with Crippen LogP contribution in [-0.4, -0.2) is 27.5 Å². The second-order valence-electron chi connectivity index (χ2n) is 5.95. The number of rotatable bonds is 4. The van der Waals surface area contributed by atoms with Crippen LogP contribution in [0.25, 0.3) is 11.0 Å². The number of hydrogen-bond acceptors (Lipinski definition) is 4. The normalized spacial score (nSPS) is 17.8. The third kappa shape index (κ3) is 3.15. The van der Waals surface area contributed by atoms with Crippen LogP contribution in [0.4, 0.5) is 5.82 Å². The van der Waals surface area contributed by atoms with E-state index < -0.39 is 0 Å². The van der Waals surface area contributed by atoms with Gasteiger partial charge >= 0.3 is 0 Å². The number of benzene rings is 1. The number of aryl methyl sites for hydroxylation is 1. The topological polar surface area (TPSA) is 37.8 Å². The lowest BCUT2D eigenvalue weighted by atomic mass is 9.88. The van der Waals surface area contributed by atoms with Crippen molar-refractivity contribution >= 4 is 28.6 Å². The van der Waals surface area contributed by atoms with Gasteiger partial charge in [0.05, 0.1) is 16.7 Å². The van der Waals surface area contributed by atoms with Crippen molar-refractivity contribution < 1.29 is 0 Å². The van der Waals surface area contributed by atoms with Gasteiger partial charge in [-0.3, -0.25) is 0 Å². The second-order valence-corrected chi connectivity index (χ2v) is 7.22. The summed E-state index contributed by atoms with van der Waals surface area (Å²) in [5.41, 5.74) is 2.92. The molecule has 0 spiro atoms. The summed E-state index contributed by atoms with van der Waals surface area (Å²) < 4.78 is 0.373. The van der Waals surface area contributed by atoms with E-state index in [-0.39, 0.29) is 0 Å². The summed E-state index contributed by atoms with van der Waals surface area (Å²) >= 11 is 2.01. The summed E-state index contributed by atoms with van der Waals surface area (Å²) in [7, 11) is 0. The highest BCUT2D eigenvalue weighted by atomic mass is 32.2. The van der Waals surface area contributed by atoms with Crippen molar-refractivity contribution in [1.29, 1.82) is 0 Å². The van der Waals surface area contributed by atoms with Crippen LogP contribution >= 0.6 is 11.8 Å². The molecule has 1 heterocycles. The van der Waals surface area contributed by atoms with E-state index in [1.807, 2.05) is 43.0 Å². The molecule has 112 valence electrons. The fraction of sp³-hybridized carbons (Fsp3) is 0.529. The molecule has 2 aromatic rings. The van der Waals surface area contributed by atoms with Crippen molar-refractivity contribution in [3.8, 4) is 0 Å². The number of para-hydroxylation sites is 2. The summed E-state index contributed by atoms with van der Waals surface area (Å²) in [5.74, 6) is 0.938. The molecule has 0 aliphatic heterocycles. The van der Waals surface area contributed by atoms with Gasteiger partial charge in [0.2, 0.25) is 0 Å². The molecule has 1 aliphatic carbocycles. The smallest absolute Gasteiger partial charge is 0.148 e. The first-order valence-electron chi connectivity index (χ1n) is 7.75. The molecule has 21 heavy (non-hydrogen) atoms. The van der Waals surface area contributed by atoms with Gasteiger partial charge in [0.25, 0.3) is 0 Å². The van der Waals surface area contributed by atoms with Crippen LogP contribution in [0.2, 0.25) is 0 Å². The molecule has 4 heteroatoms. The van der Waals surface area contributed by atoms with E-state index in [1.54, 1.807) is 0 Å².